The number of benzene rings is 2. The molecule has 0 bridgehead atoms. The van der Waals surface area contributed by atoms with Crippen molar-refractivity contribution in [1.82, 2.24) is 9.21 Å². The molecule has 2 aromatic rings. The fourth-order valence-electron chi connectivity index (χ4n) is 3.21. The van der Waals surface area contributed by atoms with Crippen molar-refractivity contribution in [3.05, 3.63) is 64.0 Å². The first kappa shape index (κ1) is 21.8. The minimum absolute atomic E-state index is 0.00919. The SMILES string of the molecule is Cc1ccc(NC(=O)CN2CCN(S(=O)(=O)c3ccccc3F)CC2)cc1[N+](=O)[O-]. The lowest BCUT2D eigenvalue weighted by molar-refractivity contribution is -0.385. The summed E-state index contributed by atoms with van der Waals surface area (Å²) in [7, 11) is -3.94. The lowest BCUT2D eigenvalue weighted by atomic mass is 10.2. The summed E-state index contributed by atoms with van der Waals surface area (Å²) in [6.45, 7) is 2.47. The van der Waals surface area contributed by atoms with E-state index in [4.69, 9.17) is 0 Å². The molecule has 2 aromatic carbocycles. The smallest absolute Gasteiger partial charge is 0.274 e. The lowest BCUT2D eigenvalue weighted by Gasteiger charge is -2.33. The molecular formula is C19H21FN4O5S. The normalized spacial score (nSPS) is 15.7. The number of halogens is 1. The van der Waals surface area contributed by atoms with Gasteiger partial charge in [-0.3, -0.25) is 19.8 Å². The van der Waals surface area contributed by atoms with Gasteiger partial charge in [0.15, 0.2) is 0 Å². The highest BCUT2D eigenvalue weighted by atomic mass is 32.2. The molecule has 0 saturated carbocycles. The van der Waals surface area contributed by atoms with Crippen LogP contribution in [0.25, 0.3) is 0 Å². The molecule has 0 aromatic heterocycles. The van der Waals surface area contributed by atoms with Crippen LogP contribution in [0, 0.1) is 22.9 Å². The van der Waals surface area contributed by atoms with Crippen LogP contribution in [0.15, 0.2) is 47.4 Å². The van der Waals surface area contributed by atoms with Gasteiger partial charge in [0.25, 0.3) is 5.69 Å². The van der Waals surface area contributed by atoms with Crippen molar-refractivity contribution >= 4 is 27.3 Å². The van der Waals surface area contributed by atoms with Crippen LogP contribution in [0.5, 0.6) is 0 Å². The molecule has 0 aliphatic carbocycles. The van der Waals surface area contributed by atoms with E-state index >= 15 is 0 Å². The van der Waals surface area contributed by atoms with Crippen molar-refractivity contribution in [3.8, 4) is 0 Å². The average Bonchev–Trinajstić information content (AvgIpc) is 2.70. The van der Waals surface area contributed by atoms with Gasteiger partial charge in [-0.2, -0.15) is 4.31 Å². The Bertz CT molecular complexity index is 1070. The Kier molecular flexibility index (Phi) is 6.44. The van der Waals surface area contributed by atoms with Crippen LogP contribution in [0.2, 0.25) is 0 Å². The largest absolute Gasteiger partial charge is 0.325 e. The number of hydrogen-bond acceptors (Lipinski definition) is 6. The fraction of sp³-hybridized carbons (Fsp3) is 0.316. The molecule has 11 heteroatoms. The number of anilines is 1. The highest BCUT2D eigenvalue weighted by Gasteiger charge is 2.30. The van der Waals surface area contributed by atoms with Gasteiger partial charge in [0.1, 0.15) is 10.7 Å². The first-order chi connectivity index (χ1) is 14.2. The molecule has 0 atom stereocenters. The molecule has 0 spiro atoms. The van der Waals surface area contributed by atoms with Gasteiger partial charge in [-0.05, 0) is 25.1 Å². The average molecular weight is 436 g/mol. The Labute approximate surface area is 173 Å². The van der Waals surface area contributed by atoms with Gasteiger partial charge in [-0.15, -0.1) is 0 Å². The second-order valence-electron chi connectivity index (χ2n) is 6.92. The van der Waals surface area contributed by atoms with Gasteiger partial charge in [0, 0.05) is 43.5 Å². The number of nitrogens with zero attached hydrogens (tertiary/aromatic N) is 3. The maximum Gasteiger partial charge on any atom is 0.274 e. The summed E-state index contributed by atoms with van der Waals surface area (Å²) in [5.41, 5.74) is 0.725. The van der Waals surface area contributed by atoms with E-state index in [1.807, 2.05) is 0 Å². The molecule has 1 aliphatic heterocycles. The zero-order chi connectivity index (χ0) is 21.9. The highest BCUT2D eigenvalue weighted by Crippen LogP contribution is 2.23. The Balaban J connectivity index is 1.57. The third kappa shape index (κ3) is 4.81. The van der Waals surface area contributed by atoms with Crippen LogP contribution < -0.4 is 5.32 Å². The number of nitro benzene ring substituents is 1. The summed E-state index contributed by atoms with van der Waals surface area (Å²) in [4.78, 5) is 24.2. The number of sulfonamides is 1. The number of nitro groups is 1. The van der Waals surface area contributed by atoms with E-state index in [2.05, 4.69) is 5.32 Å². The second kappa shape index (κ2) is 8.86. The summed E-state index contributed by atoms with van der Waals surface area (Å²) in [5, 5.41) is 13.6. The number of amides is 1. The number of aryl methyl sites for hydroxylation is 1. The number of piperazine rings is 1. The van der Waals surface area contributed by atoms with Crippen molar-refractivity contribution in [2.75, 3.05) is 38.0 Å². The van der Waals surface area contributed by atoms with E-state index in [9.17, 15) is 27.7 Å². The molecule has 160 valence electrons. The van der Waals surface area contributed by atoms with Gasteiger partial charge in [-0.1, -0.05) is 18.2 Å². The zero-order valence-corrected chi connectivity index (χ0v) is 17.1. The van der Waals surface area contributed by atoms with E-state index in [1.54, 1.807) is 24.0 Å². The van der Waals surface area contributed by atoms with Crippen LogP contribution in [-0.4, -0.2) is 61.2 Å². The van der Waals surface area contributed by atoms with Crippen molar-refractivity contribution < 1.29 is 22.5 Å². The number of carbonyl (C=O) groups excluding carboxylic acids is 1. The molecule has 1 aliphatic rings. The van der Waals surface area contributed by atoms with Crippen molar-refractivity contribution in [1.29, 1.82) is 0 Å². The molecule has 1 fully saturated rings. The fourth-order valence-corrected chi connectivity index (χ4v) is 4.70. The first-order valence-electron chi connectivity index (χ1n) is 9.20. The van der Waals surface area contributed by atoms with Crippen molar-refractivity contribution in [2.45, 2.75) is 11.8 Å². The quantitative estimate of drug-likeness (QED) is 0.547. The summed E-state index contributed by atoms with van der Waals surface area (Å²) < 4.78 is 40.3. The zero-order valence-electron chi connectivity index (χ0n) is 16.2. The molecule has 1 heterocycles. The van der Waals surface area contributed by atoms with E-state index < -0.39 is 20.8 Å². The molecular weight excluding hydrogens is 415 g/mol. The Morgan fingerprint density at radius 3 is 2.47 bits per heavy atom. The maximum atomic E-state index is 13.9. The van der Waals surface area contributed by atoms with Gasteiger partial charge >= 0.3 is 0 Å². The van der Waals surface area contributed by atoms with E-state index in [0.717, 1.165) is 6.07 Å². The molecule has 0 unspecified atom stereocenters. The number of nitrogens with one attached hydrogen (secondary N) is 1. The Hall–Kier alpha value is -2.89. The van der Waals surface area contributed by atoms with E-state index in [-0.39, 0.29) is 36.1 Å². The molecule has 0 radical (unpaired) electrons. The number of hydrogen-bond donors (Lipinski definition) is 1. The predicted molar refractivity (Wildman–Crippen MR) is 108 cm³/mol. The molecule has 30 heavy (non-hydrogen) atoms. The minimum atomic E-state index is -3.94. The highest BCUT2D eigenvalue weighted by molar-refractivity contribution is 7.89. The molecule has 3 rings (SSSR count). The number of carbonyl (C=O) groups is 1. The molecule has 9 nitrogen and oxygen atoms in total. The third-order valence-electron chi connectivity index (χ3n) is 4.84. The van der Waals surface area contributed by atoms with Gasteiger partial charge < -0.3 is 5.32 Å². The van der Waals surface area contributed by atoms with Crippen molar-refractivity contribution in [3.63, 3.8) is 0 Å². The molecule has 1 saturated heterocycles. The summed E-state index contributed by atoms with van der Waals surface area (Å²) in [5.74, 6) is -1.16. The standard InChI is InChI=1S/C19H21FN4O5S/c1-14-6-7-15(12-17(14)24(26)27)21-19(25)13-22-8-10-23(11-9-22)30(28,29)18-5-3-2-4-16(18)20/h2-7,12H,8-11,13H2,1H3,(H,21,25). The lowest BCUT2D eigenvalue weighted by Crippen LogP contribution is -2.50. The monoisotopic (exact) mass is 436 g/mol. The summed E-state index contributed by atoms with van der Waals surface area (Å²) >= 11 is 0. The van der Waals surface area contributed by atoms with Crippen molar-refractivity contribution in [2.24, 2.45) is 0 Å². The predicted octanol–water partition coefficient (Wildman–Crippen LogP) is 1.99. The second-order valence-corrected chi connectivity index (χ2v) is 8.82. The first-order valence-corrected chi connectivity index (χ1v) is 10.6. The Morgan fingerprint density at radius 1 is 1.17 bits per heavy atom. The Morgan fingerprint density at radius 2 is 1.83 bits per heavy atom. The van der Waals surface area contributed by atoms with E-state index in [0.29, 0.717) is 24.3 Å². The van der Waals surface area contributed by atoms with Crippen LogP contribution >= 0.6 is 0 Å². The van der Waals surface area contributed by atoms with Crippen LogP contribution in [-0.2, 0) is 14.8 Å². The van der Waals surface area contributed by atoms with Crippen LogP contribution in [0.1, 0.15) is 5.56 Å². The summed E-state index contributed by atoms with van der Waals surface area (Å²) in [6, 6.07) is 9.65. The van der Waals surface area contributed by atoms with Crippen LogP contribution in [0.4, 0.5) is 15.8 Å². The molecule has 1 N–H and O–H groups in total. The third-order valence-corrected chi connectivity index (χ3v) is 6.77. The molecule has 1 amide bonds. The maximum absolute atomic E-state index is 13.9. The summed E-state index contributed by atoms with van der Waals surface area (Å²) in [6.07, 6.45) is 0. The van der Waals surface area contributed by atoms with Gasteiger partial charge in [0.2, 0.25) is 15.9 Å². The number of rotatable bonds is 6. The van der Waals surface area contributed by atoms with Crippen LogP contribution in [0.3, 0.4) is 0 Å². The van der Waals surface area contributed by atoms with E-state index in [1.165, 1.54) is 28.6 Å². The topological polar surface area (TPSA) is 113 Å². The van der Waals surface area contributed by atoms with Gasteiger partial charge in [0.05, 0.1) is 11.5 Å². The van der Waals surface area contributed by atoms with Gasteiger partial charge in [-0.25, -0.2) is 12.8 Å². The minimum Gasteiger partial charge on any atom is -0.325 e.